The number of carbonyl (C=O) groups is 2. The molecule has 0 atom stereocenters. The summed E-state index contributed by atoms with van der Waals surface area (Å²) < 4.78 is 40.5. The van der Waals surface area contributed by atoms with Gasteiger partial charge in [0.2, 0.25) is 5.95 Å². The first-order valence-corrected chi connectivity index (χ1v) is 8.69. The lowest BCUT2D eigenvalue weighted by Crippen LogP contribution is -2.32. The number of hydrogen-bond donors (Lipinski definition) is 3. The number of imidazole rings is 1. The minimum Gasteiger partial charge on any atom is -0.480 e. The average Bonchev–Trinajstić information content (AvgIpc) is 3.01. The quantitative estimate of drug-likeness (QED) is 0.532. The molecule has 0 aliphatic heterocycles. The molecule has 158 valence electrons. The van der Waals surface area contributed by atoms with E-state index in [0.29, 0.717) is 16.7 Å². The highest BCUT2D eigenvalue weighted by Gasteiger charge is 2.31. The number of ether oxygens (including phenoxy) is 1. The molecule has 8 nitrogen and oxygen atoms in total. The molecule has 12 heteroatoms. The van der Waals surface area contributed by atoms with Gasteiger partial charge in [0, 0.05) is 12.7 Å². The van der Waals surface area contributed by atoms with Crippen molar-refractivity contribution in [2.24, 2.45) is 0 Å². The van der Waals surface area contributed by atoms with Gasteiger partial charge in [0.25, 0.3) is 5.91 Å². The van der Waals surface area contributed by atoms with Crippen LogP contribution in [-0.2, 0) is 4.79 Å². The molecule has 1 aromatic heterocycles. The van der Waals surface area contributed by atoms with Gasteiger partial charge in [0.1, 0.15) is 12.3 Å². The summed E-state index contributed by atoms with van der Waals surface area (Å²) in [5.41, 5.74) is 1.40. The molecule has 0 radical (unpaired) electrons. The van der Waals surface area contributed by atoms with E-state index in [0.717, 1.165) is 17.0 Å². The number of likely N-dealkylation sites (N-methyl/N-ethyl adjacent to an activating group) is 1. The topological polar surface area (TPSA) is 108 Å². The molecule has 0 aliphatic carbocycles. The van der Waals surface area contributed by atoms with Gasteiger partial charge in [-0.15, -0.1) is 13.2 Å². The molecule has 1 amide bonds. The van der Waals surface area contributed by atoms with E-state index in [1.165, 1.54) is 31.3 Å². The Bertz CT molecular complexity index is 1100. The molecule has 0 unspecified atom stereocenters. The summed E-state index contributed by atoms with van der Waals surface area (Å²) in [5, 5.41) is 11.8. The molecular formula is C18H14ClF3N4O4. The number of hydrogen-bond acceptors (Lipinski definition) is 5. The molecule has 3 rings (SSSR count). The Morgan fingerprint density at radius 1 is 1.27 bits per heavy atom. The van der Waals surface area contributed by atoms with E-state index in [1.54, 1.807) is 0 Å². The number of benzene rings is 2. The molecule has 1 heterocycles. The zero-order valence-electron chi connectivity index (χ0n) is 15.2. The summed E-state index contributed by atoms with van der Waals surface area (Å²) >= 11 is 6.15. The van der Waals surface area contributed by atoms with Crippen LogP contribution in [0.3, 0.4) is 0 Å². The van der Waals surface area contributed by atoms with Crippen molar-refractivity contribution in [1.29, 1.82) is 0 Å². The number of aromatic nitrogens is 2. The maximum absolute atomic E-state index is 12.4. The fourth-order valence-electron chi connectivity index (χ4n) is 2.61. The fourth-order valence-corrected chi connectivity index (χ4v) is 2.85. The smallest absolute Gasteiger partial charge is 0.480 e. The third-order valence-corrected chi connectivity index (χ3v) is 4.18. The number of aliphatic carboxylic acids is 1. The molecule has 3 N–H and O–H groups in total. The summed E-state index contributed by atoms with van der Waals surface area (Å²) in [5.74, 6) is -1.85. The van der Waals surface area contributed by atoms with E-state index in [1.807, 2.05) is 0 Å². The van der Waals surface area contributed by atoms with Crippen LogP contribution in [-0.4, -0.2) is 51.8 Å². The Morgan fingerprint density at radius 2 is 1.93 bits per heavy atom. The van der Waals surface area contributed by atoms with Crippen molar-refractivity contribution in [2.75, 3.05) is 18.9 Å². The molecule has 2 aromatic carbocycles. The minimum atomic E-state index is -4.78. The van der Waals surface area contributed by atoms with Crippen LogP contribution in [0.4, 0.5) is 24.8 Å². The summed E-state index contributed by atoms with van der Waals surface area (Å²) in [6, 6.07) is 7.92. The molecule has 3 aromatic rings. The number of nitrogens with zero attached hydrogens (tertiary/aromatic N) is 2. The van der Waals surface area contributed by atoms with Crippen LogP contribution in [0.25, 0.3) is 11.0 Å². The van der Waals surface area contributed by atoms with Crippen LogP contribution in [0.5, 0.6) is 5.75 Å². The van der Waals surface area contributed by atoms with E-state index in [-0.39, 0.29) is 22.3 Å². The summed E-state index contributed by atoms with van der Waals surface area (Å²) in [7, 11) is 1.33. The predicted octanol–water partition coefficient (Wildman–Crippen LogP) is 4.02. The lowest BCUT2D eigenvalue weighted by molar-refractivity contribution is -0.274. The molecule has 30 heavy (non-hydrogen) atoms. The van der Waals surface area contributed by atoms with Gasteiger partial charge in [-0.25, -0.2) is 4.98 Å². The van der Waals surface area contributed by atoms with E-state index in [9.17, 15) is 22.8 Å². The summed E-state index contributed by atoms with van der Waals surface area (Å²) in [6.07, 6.45) is -4.78. The van der Waals surface area contributed by atoms with Crippen molar-refractivity contribution in [3.05, 3.63) is 47.0 Å². The van der Waals surface area contributed by atoms with E-state index in [4.69, 9.17) is 16.7 Å². The Balaban J connectivity index is 1.80. The molecule has 0 spiro atoms. The number of rotatable bonds is 6. The first-order valence-electron chi connectivity index (χ1n) is 8.31. The zero-order chi connectivity index (χ0) is 22.1. The number of fused-ring (bicyclic) bond motifs is 1. The lowest BCUT2D eigenvalue weighted by atomic mass is 10.1. The van der Waals surface area contributed by atoms with Crippen LogP contribution in [0.15, 0.2) is 36.4 Å². The van der Waals surface area contributed by atoms with E-state index < -0.39 is 24.8 Å². The van der Waals surface area contributed by atoms with Gasteiger partial charge in [-0.05, 0) is 36.4 Å². The number of nitrogens with one attached hydrogen (secondary N) is 2. The third-order valence-electron chi connectivity index (χ3n) is 3.87. The van der Waals surface area contributed by atoms with Crippen LogP contribution >= 0.6 is 11.6 Å². The molecule has 0 bridgehead atoms. The maximum atomic E-state index is 12.4. The summed E-state index contributed by atoms with van der Waals surface area (Å²) in [6.45, 7) is -0.491. The number of alkyl halides is 3. The first-order chi connectivity index (χ1) is 14.0. The highest BCUT2D eigenvalue weighted by atomic mass is 35.5. The first kappa shape index (κ1) is 21.2. The number of anilines is 2. The lowest BCUT2D eigenvalue weighted by Gasteiger charge is -2.15. The van der Waals surface area contributed by atoms with Gasteiger partial charge in [0.05, 0.1) is 21.6 Å². The Hall–Kier alpha value is -3.47. The van der Waals surface area contributed by atoms with Crippen molar-refractivity contribution < 1.29 is 32.6 Å². The second kappa shape index (κ2) is 8.11. The van der Waals surface area contributed by atoms with Gasteiger partial charge in [-0.3, -0.25) is 9.59 Å². The molecule has 0 saturated carbocycles. The molecule has 0 fully saturated rings. The fraction of sp³-hybridized carbons (Fsp3) is 0.167. The third kappa shape index (κ3) is 5.11. The second-order valence-corrected chi connectivity index (χ2v) is 6.59. The minimum absolute atomic E-state index is 0.0830. The Kier molecular flexibility index (Phi) is 5.74. The monoisotopic (exact) mass is 442 g/mol. The van der Waals surface area contributed by atoms with Gasteiger partial charge < -0.3 is 25.0 Å². The Labute approximate surface area is 172 Å². The molecular weight excluding hydrogens is 429 g/mol. The van der Waals surface area contributed by atoms with Crippen LogP contribution in [0, 0.1) is 0 Å². The number of carboxylic acids is 1. The van der Waals surface area contributed by atoms with E-state index in [2.05, 4.69) is 20.0 Å². The highest BCUT2D eigenvalue weighted by molar-refractivity contribution is 6.34. The number of H-pyrrole nitrogens is 1. The maximum Gasteiger partial charge on any atom is 0.573 e. The van der Waals surface area contributed by atoms with E-state index >= 15 is 0 Å². The van der Waals surface area contributed by atoms with Crippen LogP contribution < -0.4 is 10.1 Å². The molecule has 0 saturated heterocycles. The van der Waals surface area contributed by atoms with Crippen molar-refractivity contribution in [2.45, 2.75) is 6.36 Å². The zero-order valence-corrected chi connectivity index (χ0v) is 16.0. The van der Waals surface area contributed by atoms with Gasteiger partial charge in [0.15, 0.2) is 0 Å². The van der Waals surface area contributed by atoms with Crippen molar-refractivity contribution in [1.82, 2.24) is 14.9 Å². The van der Waals surface area contributed by atoms with Crippen molar-refractivity contribution in [3.8, 4) is 5.75 Å². The predicted molar refractivity (Wildman–Crippen MR) is 102 cm³/mol. The number of aromatic amines is 1. The van der Waals surface area contributed by atoms with Gasteiger partial charge >= 0.3 is 12.3 Å². The number of carboxylic acid groups (broad SMARTS) is 1. The SMILES string of the molecule is CN(CC(=O)O)C(=O)c1cc2nc(Nc3ccc(OC(F)(F)F)cc3)[nH]c2cc1Cl. The average molecular weight is 443 g/mol. The van der Waals surface area contributed by atoms with Crippen molar-refractivity contribution >= 4 is 46.1 Å². The number of halogens is 4. The van der Waals surface area contributed by atoms with Gasteiger partial charge in [-0.1, -0.05) is 11.6 Å². The van der Waals surface area contributed by atoms with Crippen molar-refractivity contribution in [3.63, 3.8) is 0 Å². The molecule has 0 aliphatic rings. The normalized spacial score (nSPS) is 11.4. The number of carbonyl (C=O) groups excluding carboxylic acids is 1. The van der Waals surface area contributed by atoms with Crippen LogP contribution in [0.1, 0.15) is 10.4 Å². The largest absolute Gasteiger partial charge is 0.573 e. The highest BCUT2D eigenvalue weighted by Crippen LogP contribution is 2.27. The summed E-state index contributed by atoms with van der Waals surface area (Å²) in [4.78, 5) is 31.4. The Morgan fingerprint density at radius 3 is 2.53 bits per heavy atom. The second-order valence-electron chi connectivity index (χ2n) is 6.19. The standard InChI is InChI=1S/C18H14ClF3N4O4/c1-26(8-15(27)28)16(29)11-6-13-14(7-12(11)19)25-17(24-13)23-9-2-4-10(5-3-9)30-18(20,21)22/h2-7H,8H2,1H3,(H,27,28)(H2,23,24,25). The number of amides is 1. The van der Waals surface area contributed by atoms with Crippen LogP contribution in [0.2, 0.25) is 5.02 Å². The van der Waals surface area contributed by atoms with Gasteiger partial charge in [-0.2, -0.15) is 0 Å².